The van der Waals surface area contributed by atoms with Crippen LogP contribution in [0, 0.1) is 13.8 Å². The second-order valence-electron chi connectivity index (χ2n) is 5.82. The second-order valence-corrected chi connectivity index (χ2v) is 7.03. The lowest BCUT2D eigenvalue weighted by atomic mass is 10.2. The van der Waals surface area contributed by atoms with Crippen LogP contribution in [-0.4, -0.2) is 41.1 Å². The molecule has 4 heterocycles. The van der Waals surface area contributed by atoms with Crippen molar-refractivity contribution >= 4 is 33.2 Å². The maximum atomic E-state index is 4.59. The van der Waals surface area contributed by atoms with E-state index < -0.39 is 0 Å². The number of piperazine rings is 1. The van der Waals surface area contributed by atoms with E-state index in [1.807, 2.05) is 18.3 Å². The van der Waals surface area contributed by atoms with Crippen LogP contribution in [0.15, 0.2) is 30.7 Å². The van der Waals surface area contributed by atoms with E-state index in [0.29, 0.717) is 0 Å². The summed E-state index contributed by atoms with van der Waals surface area (Å²) in [4.78, 5) is 20.6. The highest BCUT2D eigenvalue weighted by molar-refractivity contribution is 7.18. The van der Waals surface area contributed by atoms with E-state index >= 15 is 0 Å². The Morgan fingerprint density at radius 3 is 2.48 bits per heavy atom. The summed E-state index contributed by atoms with van der Waals surface area (Å²) in [6, 6.07) is 6.07. The van der Waals surface area contributed by atoms with Crippen LogP contribution in [0.4, 0.5) is 11.6 Å². The Kier molecular flexibility index (Phi) is 3.61. The lowest BCUT2D eigenvalue weighted by molar-refractivity contribution is 0.643. The molecule has 5 nitrogen and oxygen atoms in total. The first-order valence-corrected chi connectivity index (χ1v) is 8.67. The summed E-state index contributed by atoms with van der Waals surface area (Å²) in [5.41, 5.74) is 1.31. The predicted molar refractivity (Wildman–Crippen MR) is 95.6 cm³/mol. The minimum Gasteiger partial charge on any atom is -0.353 e. The number of aryl methyl sites for hydroxylation is 2. The smallest absolute Gasteiger partial charge is 0.141 e. The minimum absolute atomic E-state index is 0.955. The van der Waals surface area contributed by atoms with Crippen molar-refractivity contribution in [2.75, 3.05) is 36.0 Å². The van der Waals surface area contributed by atoms with Crippen LogP contribution in [0.25, 0.3) is 10.2 Å². The molecule has 0 N–H and O–H groups in total. The van der Waals surface area contributed by atoms with E-state index in [2.05, 4.69) is 44.7 Å². The van der Waals surface area contributed by atoms with Gasteiger partial charge in [-0.25, -0.2) is 15.0 Å². The molecule has 0 atom stereocenters. The van der Waals surface area contributed by atoms with Crippen molar-refractivity contribution in [2.24, 2.45) is 0 Å². The van der Waals surface area contributed by atoms with Gasteiger partial charge in [-0.2, -0.15) is 0 Å². The number of rotatable bonds is 2. The van der Waals surface area contributed by atoms with Crippen LogP contribution < -0.4 is 9.80 Å². The maximum absolute atomic E-state index is 4.59. The van der Waals surface area contributed by atoms with E-state index in [1.165, 1.54) is 15.8 Å². The zero-order valence-corrected chi connectivity index (χ0v) is 14.2. The maximum Gasteiger partial charge on any atom is 0.141 e. The quantitative estimate of drug-likeness (QED) is 0.725. The first kappa shape index (κ1) is 14.4. The van der Waals surface area contributed by atoms with Gasteiger partial charge in [0.15, 0.2) is 0 Å². The lowest BCUT2D eigenvalue weighted by Crippen LogP contribution is -2.47. The van der Waals surface area contributed by atoms with Crippen molar-refractivity contribution in [1.82, 2.24) is 15.0 Å². The largest absolute Gasteiger partial charge is 0.353 e. The topological polar surface area (TPSA) is 45.2 Å². The molecule has 0 aliphatic carbocycles. The summed E-state index contributed by atoms with van der Waals surface area (Å²) in [5, 5.41) is 1.22. The average Bonchev–Trinajstić information content (AvgIpc) is 2.90. The summed E-state index contributed by atoms with van der Waals surface area (Å²) in [7, 11) is 0. The SMILES string of the molecule is Cc1sc2ncnc(N3CCN(c4ccccn4)CC3)c2c1C. The molecule has 4 rings (SSSR count). The Bertz CT molecular complexity index is 822. The van der Waals surface area contributed by atoms with Crippen LogP contribution in [0.5, 0.6) is 0 Å². The third-order valence-corrected chi connectivity index (χ3v) is 5.61. The fourth-order valence-electron chi connectivity index (χ4n) is 3.09. The molecule has 1 fully saturated rings. The molecule has 3 aromatic heterocycles. The molecule has 0 amide bonds. The molecule has 1 saturated heterocycles. The van der Waals surface area contributed by atoms with Gasteiger partial charge < -0.3 is 9.80 Å². The molecule has 1 aliphatic heterocycles. The Hall–Kier alpha value is -2.21. The number of thiophene rings is 1. The third-order valence-electron chi connectivity index (χ3n) is 4.50. The van der Waals surface area contributed by atoms with Crippen molar-refractivity contribution < 1.29 is 0 Å². The van der Waals surface area contributed by atoms with Gasteiger partial charge in [0.2, 0.25) is 0 Å². The Morgan fingerprint density at radius 1 is 0.957 bits per heavy atom. The number of pyridine rings is 1. The van der Waals surface area contributed by atoms with Gasteiger partial charge >= 0.3 is 0 Å². The summed E-state index contributed by atoms with van der Waals surface area (Å²) in [6.07, 6.45) is 3.55. The van der Waals surface area contributed by atoms with E-state index in [4.69, 9.17) is 0 Å². The van der Waals surface area contributed by atoms with Crippen molar-refractivity contribution in [1.29, 1.82) is 0 Å². The summed E-state index contributed by atoms with van der Waals surface area (Å²) >= 11 is 1.76. The zero-order valence-electron chi connectivity index (χ0n) is 13.4. The first-order valence-electron chi connectivity index (χ1n) is 7.85. The van der Waals surface area contributed by atoms with E-state index in [1.54, 1.807) is 17.7 Å². The molecule has 0 aromatic carbocycles. The number of aromatic nitrogens is 3. The fourth-order valence-corrected chi connectivity index (χ4v) is 4.08. The molecule has 1 aliphatic rings. The van der Waals surface area contributed by atoms with Gasteiger partial charge in [0.1, 0.15) is 22.8 Å². The van der Waals surface area contributed by atoms with Crippen LogP contribution in [0.1, 0.15) is 10.4 Å². The van der Waals surface area contributed by atoms with E-state index in [0.717, 1.165) is 42.6 Å². The number of hydrogen-bond donors (Lipinski definition) is 0. The molecular weight excluding hydrogens is 306 g/mol. The average molecular weight is 325 g/mol. The Balaban J connectivity index is 1.59. The lowest BCUT2D eigenvalue weighted by Gasteiger charge is -2.36. The molecule has 3 aromatic rings. The van der Waals surface area contributed by atoms with E-state index in [-0.39, 0.29) is 0 Å². The standard InChI is InChI=1S/C17H19N5S/c1-12-13(2)23-17-15(12)16(19-11-20-17)22-9-7-21(8-10-22)14-5-3-4-6-18-14/h3-6,11H,7-10H2,1-2H3. The van der Waals surface area contributed by atoms with Gasteiger partial charge in [-0.15, -0.1) is 11.3 Å². The molecule has 118 valence electrons. The monoisotopic (exact) mass is 325 g/mol. The molecule has 23 heavy (non-hydrogen) atoms. The van der Waals surface area contributed by atoms with Gasteiger partial charge in [0, 0.05) is 37.3 Å². The molecule has 0 bridgehead atoms. The van der Waals surface area contributed by atoms with Crippen LogP contribution in [0.2, 0.25) is 0 Å². The van der Waals surface area contributed by atoms with Gasteiger partial charge in [0.05, 0.1) is 5.39 Å². The second kappa shape index (κ2) is 5.77. The summed E-state index contributed by atoms with van der Waals surface area (Å²) in [6.45, 7) is 8.17. The predicted octanol–water partition coefficient (Wildman–Crippen LogP) is 3.03. The van der Waals surface area contributed by atoms with Crippen molar-refractivity contribution in [3.8, 4) is 0 Å². The Morgan fingerprint density at radius 2 is 1.74 bits per heavy atom. The van der Waals surface area contributed by atoms with Crippen LogP contribution >= 0.6 is 11.3 Å². The first-order chi connectivity index (χ1) is 11.2. The van der Waals surface area contributed by atoms with Crippen LogP contribution in [-0.2, 0) is 0 Å². The fraction of sp³-hybridized carbons (Fsp3) is 0.353. The van der Waals surface area contributed by atoms with Gasteiger partial charge in [-0.05, 0) is 31.5 Å². The van der Waals surface area contributed by atoms with E-state index in [9.17, 15) is 0 Å². The summed E-state index contributed by atoms with van der Waals surface area (Å²) < 4.78 is 0. The molecule has 0 radical (unpaired) electrons. The van der Waals surface area contributed by atoms with Crippen molar-refractivity contribution in [2.45, 2.75) is 13.8 Å². The zero-order chi connectivity index (χ0) is 15.8. The van der Waals surface area contributed by atoms with Gasteiger partial charge in [0.25, 0.3) is 0 Å². The third kappa shape index (κ3) is 2.53. The normalized spacial score (nSPS) is 15.4. The number of fused-ring (bicyclic) bond motifs is 1. The number of nitrogens with zero attached hydrogens (tertiary/aromatic N) is 5. The number of hydrogen-bond acceptors (Lipinski definition) is 6. The molecule has 0 saturated carbocycles. The highest BCUT2D eigenvalue weighted by Crippen LogP contribution is 2.34. The highest BCUT2D eigenvalue weighted by atomic mass is 32.1. The van der Waals surface area contributed by atoms with Gasteiger partial charge in [-0.1, -0.05) is 6.07 Å². The van der Waals surface area contributed by atoms with Crippen LogP contribution in [0.3, 0.4) is 0 Å². The summed E-state index contributed by atoms with van der Waals surface area (Å²) in [5.74, 6) is 2.14. The minimum atomic E-state index is 0.955. The van der Waals surface area contributed by atoms with Crippen molar-refractivity contribution in [3.05, 3.63) is 41.2 Å². The highest BCUT2D eigenvalue weighted by Gasteiger charge is 2.22. The van der Waals surface area contributed by atoms with Crippen molar-refractivity contribution in [3.63, 3.8) is 0 Å². The molecule has 6 heteroatoms. The molecular formula is C17H19N5S. The Labute approximate surface area is 139 Å². The van der Waals surface area contributed by atoms with Gasteiger partial charge in [-0.3, -0.25) is 0 Å². The number of anilines is 2. The molecule has 0 unspecified atom stereocenters. The molecule has 0 spiro atoms.